The SMILES string of the molecule is Cl.Nc1cccc(C(=O)NC(Cc2ccccc2)C2CC2)c1. The number of rotatable bonds is 5. The van der Waals surface area contributed by atoms with Crippen molar-refractivity contribution < 1.29 is 4.79 Å². The number of anilines is 1. The summed E-state index contributed by atoms with van der Waals surface area (Å²) in [7, 11) is 0. The lowest BCUT2D eigenvalue weighted by Crippen LogP contribution is -2.38. The highest BCUT2D eigenvalue weighted by molar-refractivity contribution is 5.95. The first-order valence-corrected chi connectivity index (χ1v) is 7.43. The van der Waals surface area contributed by atoms with Gasteiger partial charge in [-0.2, -0.15) is 0 Å². The number of carbonyl (C=O) groups is 1. The van der Waals surface area contributed by atoms with Crippen molar-refractivity contribution in [1.82, 2.24) is 5.32 Å². The van der Waals surface area contributed by atoms with Crippen molar-refractivity contribution >= 4 is 24.0 Å². The fraction of sp³-hybridized carbons (Fsp3) is 0.278. The van der Waals surface area contributed by atoms with Crippen LogP contribution in [-0.2, 0) is 6.42 Å². The van der Waals surface area contributed by atoms with Gasteiger partial charge in [0.1, 0.15) is 0 Å². The molecule has 0 radical (unpaired) electrons. The molecule has 4 heteroatoms. The molecule has 0 saturated heterocycles. The Hall–Kier alpha value is -2.00. The van der Waals surface area contributed by atoms with Crippen LogP contribution in [0, 0.1) is 5.92 Å². The Bertz CT molecular complexity index is 626. The third-order valence-electron chi connectivity index (χ3n) is 3.95. The Labute approximate surface area is 137 Å². The van der Waals surface area contributed by atoms with E-state index in [1.54, 1.807) is 18.2 Å². The van der Waals surface area contributed by atoms with Crippen LogP contribution in [0.15, 0.2) is 54.6 Å². The minimum atomic E-state index is -0.0323. The smallest absolute Gasteiger partial charge is 0.251 e. The number of hydrogen-bond donors (Lipinski definition) is 2. The Kier molecular flexibility index (Phi) is 5.45. The molecule has 1 atom stereocenters. The highest BCUT2D eigenvalue weighted by Gasteiger charge is 2.32. The van der Waals surface area contributed by atoms with E-state index in [-0.39, 0.29) is 24.4 Å². The molecule has 3 N–H and O–H groups in total. The summed E-state index contributed by atoms with van der Waals surface area (Å²) in [5.74, 6) is 0.574. The molecule has 3 nitrogen and oxygen atoms in total. The summed E-state index contributed by atoms with van der Waals surface area (Å²) in [4.78, 5) is 12.4. The summed E-state index contributed by atoms with van der Waals surface area (Å²) in [6.07, 6.45) is 3.29. The molecule has 2 aromatic rings. The molecule has 0 aliphatic heterocycles. The lowest BCUT2D eigenvalue weighted by atomic mass is 10.0. The fourth-order valence-electron chi connectivity index (χ4n) is 2.63. The largest absolute Gasteiger partial charge is 0.399 e. The first kappa shape index (κ1) is 16.4. The normalized spacial score (nSPS) is 14.7. The maximum atomic E-state index is 12.4. The van der Waals surface area contributed by atoms with Crippen LogP contribution in [0.1, 0.15) is 28.8 Å². The second-order valence-corrected chi connectivity index (χ2v) is 5.73. The lowest BCUT2D eigenvalue weighted by molar-refractivity contribution is 0.0932. The summed E-state index contributed by atoms with van der Waals surface area (Å²) < 4.78 is 0. The molecule has 1 unspecified atom stereocenters. The third kappa shape index (κ3) is 4.25. The third-order valence-corrected chi connectivity index (χ3v) is 3.95. The Morgan fingerprint density at radius 1 is 1.14 bits per heavy atom. The lowest BCUT2D eigenvalue weighted by Gasteiger charge is -2.18. The second kappa shape index (κ2) is 7.32. The van der Waals surface area contributed by atoms with E-state index in [4.69, 9.17) is 5.73 Å². The average molecular weight is 317 g/mol. The molecule has 0 bridgehead atoms. The van der Waals surface area contributed by atoms with Crippen molar-refractivity contribution in [1.29, 1.82) is 0 Å². The van der Waals surface area contributed by atoms with Crippen LogP contribution in [0.25, 0.3) is 0 Å². The van der Waals surface area contributed by atoms with E-state index in [0.29, 0.717) is 17.2 Å². The molecule has 1 saturated carbocycles. The van der Waals surface area contributed by atoms with Crippen LogP contribution in [0.5, 0.6) is 0 Å². The van der Waals surface area contributed by atoms with Gasteiger partial charge in [0, 0.05) is 17.3 Å². The van der Waals surface area contributed by atoms with Crippen molar-refractivity contribution in [2.24, 2.45) is 5.92 Å². The van der Waals surface area contributed by atoms with E-state index in [1.807, 2.05) is 24.3 Å². The quantitative estimate of drug-likeness (QED) is 0.830. The zero-order valence-electron chi connectivity index (χ0n) is 12.4. The van der Waals surface area contributed by atoms with Crippen molar-refractivity contribution in [3.63, 3.8) is 0 Å². The minimum absolute atomic E-state index is 0. The number of carbonyl (C=O) groups excluding carboxylic acids is 1. The van der Waals surface area contributed by atoms with Gasteiger partial charge in [0.2, 0.25) is 0 Å². The van der Waals surface area contributed by atoms with E-state index in [9.17, 15) is 4.79 Å². The molecular weight excluding hydrogens is 296 g/mol. The number of amides is 1. The summed E-state index contributed by atoms with van der Waals surface area (Å²) in [6.45, 7) is 0. The molecule has 1 amide bonds. The van der Waals surface area contributed by atoms with E-state index in [0.717, 1.165) is 6.42 Å². The molecule has 116 valence electrons. The fourth-order valence-corrected chi connectivity index (χ4v) is 2.63. The Morgan fingerprint density at radius 2 is 1.86 bits per heavy atom. The van der Waals surface area contributed by atoms with Gasteiger partial charge in [-0.1, -0.05) is 36.4 Å². The van der Waals surface area contributed by atoms with Crippen LogP contribution in [0.3, 0.4) is 0 Å². The van der Waals surface area contributed by atoms with E-state index >= 15 is 0 Å². The molecule has 3 rings (SSSR count). The molecule has 1 aliphatic carbocycles. The van der Waals surface area contributed by atoms with Crippen molar-refractivity contribution in [3.05, 3.63) is 65.7 Å². The molecule has 22 heavy (non-hydrogen) atoms. The van der Waals surface area contributed by atoms with E-state index in [2.05, 4.69) is 17.4 Å². The van der Waals surface area contributed by atoms with Gasteiger partial charge in [-0.3, -0.25) is 4.79 Å². The number of halogens is 1. The van der Waals surface area contributed by atoms with Gasteiger partial charge >= 0.3 is 0 Å². The average Bonchev–Trinajstić information content (AvgIpc) is 3.32. The van der Waals surface area contributed by atoms with Gasteiger partial charge in [-0.25, -0.2) is 0 Å². The maximum Gasteiger partial charge on any atom is 0.251 e. The van der Waals surface area contributed by atoms with E-state index in [1.165, 1.54) is 18.4 Å². The summed E-state index contributed by atoms with van der Waals surface area (Å²) in [6, 6.07) is 17.7. The maximum absolute atomic E-state index is 12.4. The van der Waals surface area contributed by atoms with Crippen LogP contribution in [0.2, 0.25) is 0 Å². The molecule has 2 aromatic carbocycles. The van der Waals surface area contributed by atoms with Gasteiger partial charge in [-0.15, -0.1) is 12.4 Å². The van der Waals surface area contributed by atoms with Gasteiger partial charge in [0.25, 0.3) is 5.91 Å². The van der Waals surface area contributed by atoms with Gasteiger partial charge < -0.3 is 11.1 Å². The summed E-state index contributed by atoms with van der Waals surface area (Å²) >= 11 is 0. The van der Waals surface area contributed by atoms with Crippen LogP contribution in [0.4, 0.5) is 5.69 Å². The second-order valence-electron chi connectivity index (χ2n) is 5.73. The number of benzene rings is 2. The van der Waals surface area contributed by atoms with Gasteiger partial charge in [0.15, 0.2) is 0 Å². The molecule has 1 fully saturated rings. The zero-order chi connectivity index (χ0) is 14.7. The Morgan fingerprint density at radius 3 is 2.50 bits per heavy atom. The van der Waals surface area contributed by atoms with Crippen LogP contribution in [-0.4, -0.2) is 11.9 Å². The first-order valence-electron chi connectivity index (χ1n) is 7.43. The first-order chi connectivity index (χ1) is 10.2. The summed E-state index contributed by atoms with van der Waals surface area (Å²) in [5, 5.41) is 3.18. The molecule has 0 aromatic heterocycles. The van der Waals surface area contributed by atoms with Crippen molar-refractivity contribution in [2.75, 3.05) is 5.73 Å². The molecular formula is C18H21ClN2O. The summed E-state index contributed by atoms with van der Waals surface area (Å²) in [5.41, 5.74) is 8.26. The van der Waals surface area contributed by atoms with Crippen molar-refractivity contribution in [3.8, 4) is 0 Å². The predicted octanol–water partition coefficient (Wildman–Crippen LogP) is 3.44. The van der Waals surface area contributed by atoms with E-state index < -0.39 is 0 Å². The van der Waals surface area contributed by atoms with Gasteiger partial charge in [0.05, 0.1) is 0 Å². The topological polar surface area (TPSA) is 55.1 Å². The monoisotopic (exact) mass is 316 g/mol. The minimum Gasteiger partial charge on any atom is -0.399 e. The highest BCUT2D eigenvalue weighted by Crippen LogP contribution is 2.34. The molecule has 1 aliphatic rings. The van der Waals surface area contributed by atoms with Crippen LogP contribution >= 0.6 is 12.4 Å². The molecule has 0 spiro atoms. The molecule has 0 heterocycles. The predicted molar refractivity (Wildman–Crippen MR) is 92.2 cm³/mol. The van der Waals surface area contributed by atoms with Crippen molar-refractivity contribution in [2.45, 2.75) is 25.3 Å². The number of nitrogen functional groups attached to an aromatic ring is 1. The number of hydrogen-bond acceptors (Lipinski definition) is 2. The van der Waals surface area contributed by atoms with Gasteiger partial charge in [-0.05, 0) is 48.9 Å². The Balaban J connectivity index is 0.00000176. The standard InChI is InChI=1S/C18H20N2O.ClH/c19-16-8-4-7-15(12-16)18(21)20-17(14-9-10-14)11-13-5-2-1-3-6-13;/h1-8,12,14,17H,9-11,19H2,(H,20,21);1H. The number of nitrogens with one attached hydrogen (secondary N) is 1. The zero-order valence-corrected chi connectivity index (χ0v) is 13.2. The highest BCUT2D eigenvalue weighted by atomic mass is 35.5. The van der Waals surface area contributed by atoms with Crippen LogP contribution < -0.4 is 11.1 Å². The number of nitrogens with two attached hydrogens (primary N) is 1.